The zero-order valence-corrected chi connectivity index (χ0v) is 43.3. The standard InChI is InChI=1S/C47H83O19P3/c1-3-5-7-9-11-13-15-17-19-20-22-24-26-28-30-32-34-36-41(49)63-39(37-61-40(48)35-33-31-29-27-25-23-21-18-16-14-12-10-8-6-4-2)38-62-69(59,60)66-45-42(50)43(51)46(64-67(53,54)55)47(44(45)52)65-68(56,57)58/h5,7,11,13-14,16-17,19,22,24,39,42-47,50-52H,3-4,6,8-10,12,15,18,20-21,23,25-38H2,1-2H3,(H,59,60)(H2,53,54,55)(H2,56,57,58)/b7-5-,13-11-,16-14-,19-17-,24-22-/t39-,42?,43?,44?,45+,46?,47+/m1/s1. The Balaban J connectivity index is 2.74. The molecule has 0 heterocycles. The third kappa shape index (κ3) is 34.8. The van der Waals surface area contributed by atoms with Crippen molar-refractivity contribution in [3.8, 4) is 0 Å². The van der Waals surface area contributed by atoms with Crippen molar-refractivity contribution in [3.05, 3.63) is 60.8 Å². The van der Waals surface area contributed by atoms with Gasteiger partial charge in [0.15, 0.2) is 6.10 Å². The van der Waals surface area contributed by atoms with Crippen LogP contribution in [0.25, 0.3) is 0 Å². The van der Waals surface area contributed by atoms with E-state index in [1.807, 2.05) is 0 Å². The number of hydrogen-bond donors (Lipinski definition) is 8. The Morgan fingerprint density at radius 1 is 0.478 bits per heavy atom. The molecule has 0 aromatic rings. The van der Waals surface area contributed by atoms with Crippen molar-refractivity contribution in [2.75, 3.05) is 13.2 Å². The van der Waals surface area contributed by atoms with Crippen LogP contribution in [0, 0.1) is 0 Å². The van der Waals surface area contributed by atoms with Gasteiger partial charge in [0.05, 0.1) is 6.61 Å². The number of allylic oxidation sites excluding steroid dienone is 10. The van der Waals surface area contributed by atoms with Crippen molar-refractivity contribution in [1.29, 1.82) is 0 Å². The van der Waals surface area contributed by atoms with E-state index < -0.39 is 91.3 Å². The molecule has 400 valence electrons. The lowest BCUT2D eigenvalue weighted by molar-refractivity contribution is -0.213. The molecule has 0 spiro atoms. The van der Waals surface area contributed by atoms with Gasteiger partial charge in [0.1, 0.15) is 43.2 Å². The van der Waals surface area contributed by atoms with Crippen molar-refractivity contribution < 1.29 is 90.6 Å². The van der Waals surface area contributed by atoms with E-state index in [0.717, 1.165) is 96.3 Å². The summed E-state index contributed by atoms with van der Waals surface area (Å²) in [5.41, 5.74) is 0. The zero-order chi connectivity index (χ0) is 51.4. The van der Waals surface area contributed by atoms with Crippen LogP contribution < -0.4 is 0 Å². The monoisotopic (exact) mass is 1040 g/mol. The quantitative estimate of drug-likeness (QED) is 0.0122. The number of phosphoric ester groups is 3. The van der Waals surface area contributed by atoms with Gasteiger partial charge in [-0.05, 0) is 77.0 Å². The van der Waals surface area contributed by atoms with Gasteiger partial charge in [0.25, 0.3) is 0 Å². The topological polar surface area (TPSA) is 303 Å². The van der Waals surface area contributed by atoms with Gasteiger partial charge < -0.3 is 49.3 Å². The number of aliphatic hydroxyl groups excluding tert-OH is 3. The predicted octanol–water partition coefficient (Wildman–Crippen LogP) is 9.18. The maximum atomic E-state index is 13.1. The first kappa shape index (κ1) is 64.9. The maximum Gasteiger partial charge on any atom is 0.472 e. The predicted molar refractivity (Wildman–Crippen MR) is 261 cm³/mol. The first-order chi connectivity index (χ1) is 32.8. The highest BCUT2D eigenvalue weighted by Gasteiger charge is 2.56. The Bertz CT molecular complexity index is 1670. The highest BCUT2D eigenvalue weighted by molar-refractivity contribution is 7.47. The summed E-state index contributed by atoms with van der Waals surface area (Å²) in [4.78, 5) is 73.3. The zero-order valence-electron chi connectivity index (χ0n) is 40.6. The Kier molecular flexibility index (Phi) is 36.2. The van der Waals surface area contributed by atoms with Crippen LogP contribution >= 0.6 is 23.5 Å². The molecule has 1 rings (SSSR count). The summed E-state index contributed by atoms with van der Waals surface area (Å²) < 4.78 is 65.5. The summed E-state index contributed by atoms with van der Waals surface area (Å²) >= 11 is 0. The molecule has 0 saturated heterocycles. The molecule has 0 aromatic heterocycles. The highest BCUT2D eigenvalue weighted by atomic mass is 31.2. The number of carbonyl (C=O) groups is 2. The van der Waals surface area contributed by atoms with Crippen LogP contribution in [-0.2, 0) is 50.9 Å². The summed E-state index contributed by atoms with van der Waals surface area (Å²) in [7, 11) is -16.6. The lowest BCUT2D eigenvalue weighted by Gasteiger charge is -2.44. The van der Waals surface area contributed by atoms with Gasteiger partial charge >= 0.3 is 35.4 Å². The van der Waals surface area contributed by atoms with E-state index in [1.165, 1.54) is 25.7 Å². The minimum absolute atomic E-state index is 0.0331. The molecule has 0 amide bonds. The summed E-state index contributed by atoms with van der Waals surface area (Å²) in [5.74, 6) is -1.33. The summed E-state index contributed by atoms with van der Waals surface area (Å²) in [6.07, 6.45) is 26.6. The number of hydrogen-bond acceptors (Lipinski definition) is 14. The molecule has 69 heavy (non-hydrogen) atoms. The van der Waals surface area contributed by atoms with Gasteiger partial charge in [0, 0.05) is 12.8 Å². The Hall–Kier alpha value is -2.15. The van der Waals surface area contributed by atoms with E-state index in [1.54, 1.807) is 0 Å². The average molecular weight is 1050 g/mol. The molecule has 8 N–H and O–H groups in total. The minimum atomic E-state index is -5.61. The van der Waals surface area contributed by atoms with E-state index in [9.17, 15) is 63.1 Å². The second-order valence-electron chi connectivity index (χ2n) is 17.0. The SMILES string of the molecule is CC/C=C\C/C=C\C/C=C\C/C=C\CCCCCCC(=O)O[C@H](COC(=O)CCCCCCCCC/C=C\CCCCCC)COP(=O)(O)O[C@H]1C(O)C(O)C(OP(=O)(O)O)[C@@H](OP(=O)(O)O)C1O. The lowest BCUT2D eigenvalue weighted by Crippen LogP contribution is -2.65. The average Bonchev–Trinajstić information content (AvgIpc) is 3.28. The normalized spacial score (nSPS) is 21.8. The molecule has 1 saturated carbocycles. The minimum Gasteiger partial charge on any atom is -0.462 e. The van der Waals surface area contributed by atoms with Gasteiger partial charge in [-0.15, -0.1) is 0 Å². The summed E-state index contributed by atoms with van der Waals surface area (Å²) in [6.45, 7) is 2.80. The highest BCUT2D eigenvalue weighted by Crippen LogP contribution is 2.51. The fourth-order valence-electron chi connectivity index (χ4n) is 7.16. The van der Waals surface area contributed by atoms with Crippen molar-refractivity contribution in [3.63, 3.8) is 0 Å². The van der Waals surface area contributed by atoms with E-state index in [-0.39, 0.29) is 12.8 Å². The third-order valence-electron chi connectivity index (χ3n) is 10.8. The van der Waals surface area contributed by atoms with Crippen molar-refractivity contribution >= 4 is 35.4 Å². The first-order valence-corrected chi connectivity index (χ1v) is 29.1. The second kappa shape index (κ2) is 38.5. The fourth-order valence-corrected chi connectivity index (χ4v) is 9.25. The summed E-state index contributed by atoms with van der Waals surface area (Å²) in [5, 5.41) is 31.9. The second-order valence-corrected chi connectivity index (χ2v) is 20.8. The number of esters is 2. The Labute approximate surface area is 409 Å². The molecule has 1 aliphatic rings. The number of aliphatic hydroxyl groups is 3. The number of rotatable bonds is 41. The van der Waals surface area contributed by atoms with Gasteiger partial charge in [0.2, 0.25) is 0 Å². The van der Waals surface area contributed by atoms with Crippen LogP contribution in [-0.4, -0.2) is 108 Å². The van der Waals surface area contributed by atoms with Crippen LogP contribution in [0.3, 0.4) is 0 Å². The Morgan fingerprint density at radius 3 is 1.38 bits per heavy atom. The molecule has 22 heteroatoms. The van der Waals surface area contributed by atoms with Crippen molar-refractivity contribution in [2.24, 2.45) is 0 Å². The van der Waals surface area contributed by atoms with E-state index in [4.69, 9.17) is 18.5 Å². The molecule has 1 aliphatic carbocycles. The number of unbranched alkanes of at least 4 members (excludes halogenated alkanes) is 15. The van der Waals surface area contributed by atoms with Gasteiger partial charge in [-0.25, -0.2) is 13.7 Å². The van der Waals surface area contributed by atoms with E-state index in [2.05, 4.69) is 83.7 Å². The van der Waals surface area contributed by atoms with Gasteiger partial charge in [-0.3, -0.25) is 27.7 Å². The lowest BCUT2D eigenvalue weighted by atomic mass is 9.85. The number of phosphoric acid groups is 3. The van der Waals surface area contributed by atoms with Crippen LogP contribution in [0.1, 0.15) is 168 Å². The molecule has 0 bridgehead atoms. The third-order valence-corrected chi connectivity index (χ3v) is 12.8. The molecular weight excluding hydrogens is 961 g/mol. The first-order valence-electron chi connectivity index (χ1n) is 24.6. The van der Waals surface area contributed by atoms with Crippen LogP contribution in [0.4, 0.5) is 0 Å². The number of carbonyl (C=O) groups excluding carboxylic acids is 2. The molecule has 19 nitrogen and oxygen atoms in total. The number of ether oxygens (including phenoxy) is 2. The van der Waals surface area contributed by atoms with Crippen LogP contribution in [0.2, 0.25) is 0 Å². The molecule has 1 fully saturated rings. The largest absolute Gasteiger partial charge is 0.472 e. The molecule has 5 unspecified atom stereocenters. The molecule has 8 atom stereocenters. The molecule has 0 aliphatic heterocycles. The van der Waals surface area contributed by atoms with Gasteiger partial charge in [-0.1, -0.05) is 139 Å². The molecule has 0 aromatic carbocycles. The van der Waals surface area contributed by atoms with E-state index in [0.29, 0.717) is 19.3 Å². The van der Waals surface area contributed by atoms with Crippen molar-refractivity contribution in [1.82, 2.24) is 0 Å². The molecule has 0 radical (unpaired) electrons. The summed E-state index contributed by atoms with van der Waals surface area (Å²) in [6, 6.07) is 0. The van der Waals surface area contributed by atoms with Crippen molar-refractivity contribution in [2.45, 2.75) is 211 Å². The van der Waals surface area contributed by atoms with Crippen LogP contribution in [0.15, 0.2) is 60.8 Å². The smallest absolute Gasteiger partial charge is 0.462 e. The molecular formula is C47H83O19P3. The maximum absolute atomic E-state index is 13.1. The van der Waals surface area contributed by atoms with Gasteiger partial charge in [-0.2, -0.15) is 0 Å². The Morgan fingerprint density at radius 2 is 0.884 bits per heavy atom. The van der Waals surface area contributed by atoms with E-state index >= 15 is 0 Å². The van der Waals surface area contributed by atoms with Crippen LogP contribution in [0.5, 0.6) is 0 Å². The fraction of sp³-hybridized carbons (Fsp3) is 0.745.